The monoisotopic (exact) mass is 480 g/mol. The number of benzene rings is 2. The van der Waals surface area contributed by atoms with Crippen molar-refractivity contribution >= 4 is 11.8 Å². The van der Waals surface area contributed by atoms with Crippen LogP contribution in [0.5, 0.6) is 0 Å². The van der Waals surface area contributed by atoms with Crippen LogP contribution in [0, 0.1) is 5.82 Å². The zero-order chi connectivity index (χ0) is 25.4. The van der Waals surface area contributed by atoms with Gasteiger partial charge in [-0.15, -0.1) is 0 Å². The minimum Gasteiger partial charge on any atom is -0.467 e. The number of furan rings is 1. The highest BCUT2D eigenvalue weighted by Gasteiger charge is 2.24. The molecule has 0 N–H and O–H groups in total. The predicted octanol–water partition coefficient (Wildman–Crippen LogP) is 5.03. The lowest BCUT2D eigenvalue weighted by molar-refractivity contribution is -0.133. The van der Waals surface area contributed by atoms with Crippen molar-refractivity contribution in [2.24, 2.45) is 0 Å². The van der Waals surface area contributed by atoms with E-state index in [0.29, 0.717) is 17.9 Å². The number of ether oxygens (including phenoxy) is 1. The molecule has 186 valence electrons. The van der Waals surface area contributed by atoms with Crippen LogP contribution in [0.1, 0.15) is 48.0 Å². The van der Waals surface area contributed by atoms with Gasteiger partial charge >= 0.3 is 0 Å². The molecule has 1 heterocycles. The van der Waals surface area contributed by atoms with E-state index in [1.165, 1.54) is 17.0 Å². The topological polar surface area (TPSA) is 63.0 Å². The summed E-state index contributed by atoms with van der Waals surface area (Å²) in [5.41, 5.74) is 2.38. The third-order valence-electron chi connectivity index (χ3n) is 5.74. The van der Waals surface area contributed by atoms with E-state index in [0.717, 1.165) is 11.1 Å². The van der Waals surface area contributed by atoms with Gasteiger partial charge in [0, 0.05) is 25.8 Å². The first kappa shape index (κ1) is 26.2. The molecule has 0 atom stereocenters. The van der Waals surface area contributed by atoms with E-state index in [4.69, 9.17) is 9.15 Å². The van der Waals surface area contributed by atoms with E-state index in [2.05, 4.69) is 20.8 Å². The fourth-order valence-corrected chi connectivity index (χ4v) is 3.65. The highest BCUT2D eigenvalue weighted by atomic mass is 19.1. The normalized spacial score (nSPS) is 11.3. The Morgan fingerprint density at radius 2 is 1.63 bits per heavy atom. The number of hydrogen-bond acceptors (Lipinski definition) is 4. The lowest BCUT2D eigenvalue weighted by Gasteiger charge is -2.27. The summed E-state index contributed by atoms with van der Waals surface area (Å²) in [5, 5.41) is 0. The first-order valence-electron chi connectivity index (χ1n) is 11.6. The van der Waals surface area contributed by atoms with E-state index < -0.39 is 0 Å². The lowest BCUT2D eigenvalue weighted by atomic mass is 9.86. The number of carbonyl (C=O) groups excluding carboxylic acids is 2. The molecule has 0 aliphatic carbocycles. The van der Waals surface area contributed by atoms with E-state index in [1.54, 1.807) is 54.7 Å². The highest BCUT2D eigenvalue weighted by molar-refractivity contribution is 5.96. The molecule has 35 heavy (non-hydrogen) atoms. The van der Waals surface area contributed by atoms with Gasteiger partial charge in [-0.2, -0.15) is 0 Å². The van der Waals surface area contributed by atoms with Gasteiger partial charge in [0.05, 0.1) is 19.4 Å². The van der Waals surface area contributed by atoms with Crippen molar-refractivity contribution in [1.29, 1.82) is 0 Å². The number of rotatable bonds is 10. The summed E-state index contributed by atoms with van der Waals surface area (Å²) >= 11 is 0. The second kappa shape index (κ2) is 11.8. The van der Waals surface area contributed by atoms with E-state index >= 15 is 0 Å². The van der Waals surface area contributed by atoms with Gasteiger partial charge in [-0.1, -0.05) is 45.0 Å². The third-order valence-corrected chi connectivity index (χ3v) is 5.74. The van der Waals surface area contributed by atoms with Gasteiger partial charge in [0.2, 0.25) is 5.91 Å². The van der Waals surface area contributed by atoms with Crippen LogP contribution in [-0.2, 0) is 28.0 Å². The standard InChI is InChI=1S/C28H33FN2O4/c1-28(2,3)23-11-9-22(10-12-23)27(33)30(15-17-34-4)20-26(32)31(19-25-6-5-16-35-25)18-21-7-13-24(29)14-8-21/h5-14,16H,15,17-20H2,1-4H3. The average molecular weight is 481 g/mol. The van der Waals surface area contributed by atoms with Crippen LogP contribution in [0.4, 0.5) is 4.39 Å². The van der Waals surface area contributed by atoms with Gasteiger partial charge in [0.15, 0.2) is 0 Å². The number of amides is 2. The fraction of sp³-hybridized carbons (Fsp3) is 0.357. The van der Waals surface area contributed by atoms with Crippen LogP contribution in [0.15, 0.2) is 71.3 Å². The molecule has 0 bridgehead atoms. The van der Waals surface area contributed by atoms with Gasteiger partial charge in [0.25, 0.3) is 5.91 Å². The first-order chi connectivity index (χ1) is 16.7. The zero-order valence-electron chi connectivity index (χ0n) is 20.8. The van der Waals surface area contributed by atoms with Crippen molar-refractivity contribution in [2.45, 2.75) is 39.3 Å². The number of halogens is 1. The smallest absolute Gasteiger partial charge is 0.254 e. The fourth-order valence-electron chi connectivity index (χ4n) is 3.65. The van der Waals surface area contributed by atoms with Gasteiger partial charge in [0.1, 0.15) is 18.1 Å². The van der Waals surface area contributed by atoms with Gasteiger partial charge in [-0.3, -0.25) is 9.59 Å². The van der Waals surface area contributed by atoms with Gasteiger partial charge in [-0.25, -0.2) is 4.39 Å². The van der Waals surface area contributed by atoms with Crippen LogP contribution in [0.3, 0.4) is 0 Å². The quantitative estimate of drug-likeness (QED) is 0.408. The van der Waals surface area contributed by atoms with E-state index in [9.17, 15) is 14.0 Å². The summed E-state index contributed by atoms with van der Waals surface area (Å²) in [6, 6.07) is 17.0. The Hall–Kier alpha value is -3.45. The largest absolute Gasteiger partial charge is 0.467 e. The van der Waals surface area contributed by atoms with Gasteiger partial charge in [-0.05, 0) is 52.9 Å². The van der Waals surface area contributed by atoms with E-state index in [-0.39, 0.29) is 49.2 Å². The molecule has 2 amide bonds. The Labute approximate surface area is 206 Å². The molecule has 1 aromatic heterocycles. The minimum atomic E-state index is -0.341. The molecule has 0 saturated heterocycles. The molecule has 0 aliphatic heterocycles. The zero-order valence-corrected chi connectivity index (χ0v) is 20.8. The Kier molecular flexibility index (Phi) is 8.82. The maximum absolute atomic E-state index is 13.4. The second-order valence-electron chi connectivity index (χ2n) is 9.50. The van der Waals surface area contributed by atoms with Crippen LogP contribution in [0.25, 0.3) is 0 Å². The summed E-state index contributed by atoms with van der Waals surface area (Å²) in [6.07, 6.45) is 1.55. The molecule has 0 aliphatic rings. The number of nitrogens with zero attached hydrogens (tertiary/aromatic N) is 2. The Balaban J connectivity index is 1.79. The SMILES string of the molecule is COCCN(CC(=O)N(Cc1ccc(F)cc1)Cc1ccco1)C(=O)c1ccc(C(C)(C)C)cc1. The molecule has 3 rings (SSSR count). The molecule has 0 radical (unpaired) electrons. The molecular formula is C28H33FN2O4. The maximum atomic E-state index is 13.4. The molecule has 0 saturated carbocycles. The summed E-state index contributed by atoms with van der Waals surface area (Å²) in [6.45, 7) is 7.28. The summed E-state index contributed by atoms with van der Waals surface area (Å²) in [4.78, 5) is 29.8. The van der Waals surface area contributed by atoms with Crippen molar-refractivity contribution in [3.63, 3.8) is 0 Å². The Bertz CT molecular complexity index is 1090. The molecule has 7 heteroatoms. The van der Waals surface area contributed by atoms with Crippen molar-refractivity contribution < 1.29 is 23.1 Å². The van der Waals surface area contributed by atoms with E-state index in [1.807, 2.05) is 12.1 Å². The van der Waals surface area contributed by atoms with Crippen LogP contribution in [-0.4, -0.2) is 48.4 Å². The summed E-state index contributed by atoms with van der Waals surface area (Å²) < 4.78 is 24.0. The molecule has 3 aromatic rings. The molecule has 0 fully saturated rings. The first-order valence-corrected chi connectivity index (χ1v) is 11.6. The second-order valence-corrected chi connectivity index (χ2v) is 9.50. The summed E-state index contributed by atoms with van der Waals surface area (Å²) in [5.74, 6) is -0.212. The molecular weight excluding hydrogens is 447 g/mol. The molecule has 2 aromatic carbocycles. The number of carbonyl (C=O) groups is 2. The molecule has 6 nitrogen and oxygen atoms in total. The predicted molar refractivity (Wildman–Crippen MR) is 132 cm³/mol. The van der Waals surface area contributed by atoms with Crippen molar-refractivity contribution in [2.75, 3.05) is 26.8 Å². The van der Waals surface area contributed by atoms with Crippen LogP contribution in [0.2, 0.25) is 0 Å². The van der Waals surface area contributed by atoms with Crippen molar-refractivity contribution in [1.82, 2.24) is 9.80 Å². The maximum Gasteiger partial charge on any atom is 0.254 e. The summed E-state index contributed by atoms with van der Waals surface area (Å²) in [7, 11) is 1.56. The number of methoxy groups -OCH3 is 1. The van der Waals surface area contributed by atoms with Crippen molar-refractivity contribution in [3.05, 3.63) is 95.2 Å². The molecule has 0 unspecified atom stereocenters. The average Bonchev–Trinajstić information content (AvgIpc) is 3.35. The highest BCUT2D eigenvalue weighted by Crippen LogP contribution is 2.22. The van der Waals surface area contributed by atoms with Crippen molar-refractivity contribution in [3.8, 4) is 0 Å². The third kappa shape index (κ3) is 7.52. The number of hydrogen-bond donors (Lipinski definition) is 0. The van der Waals surface area contributed by atoms with Crippen LogP contribution >= 0.6 is 0 Å². The molecule has 0 spiro atoms. The Morgan fingerprint density at radius 3 is 2.20 bits per heavy atom. The minimum absolute atomic E-state index is 0.0278. The Morgan fingerprint density at radius 1 is 0.943 bits per heavy atom. The van der Waals surface area contributed by atoms with Crippen LogP contribution < -0.4 is 0 Å². The lowest BCUT2D eigenvalue weighted by Crippen LogP contribution is -2.43. The van der Waals surface area contributed by atoms with Gasteiger partial charge < -0.3 is 19.0 Å².